The van der Waals surface area contributed by atoms with E-state index < -0.39 is 0 Å². The molecular weight excluding hydrogens is 383 g/mol. The van der Waals surface area contributed by atoms with E-state index in [1.54, 1.807) is 0 Å². The average molecular weight is 407 g/mol. The van der Waals surface area contributed by atoms with Gasteiger partial charge in [0, 0.05) is 28.7 Å². The van der Waals surface area contributed by atoms with Gasteiger partial charge in [0.15, 0.2) is 0 Å². The number of amides is 1. The number of hydrogen-bond donors (Lipinski definition) is 1. The van der Waals surface area contributed by atoms with Crippen LogP contribution in [-0.4, -0.2) is 30.5 Å². The van der Waals surface area contributed by atoms with E-state index in [1.165, 1.54) is 0 Å². The van der Waals surface area contributed by atoms with Gasteiger partial charge in [-0.1, -0.05) is 41.4 Å². The minimum absolute atomic E-state index is 0.0251. The number of carbonyl (C=O) groups excluding carboxylic acids is 1. The van der Waals surface area contributed by atoms with Gasteiger partial charge in [0.05, 0.1) is 18.2 Å². The molecule has 0 bridgehead atoms. The smallest absolute Gasteiger partial charge is 0.228 e. The van der Waals surface area contributed by atoms with Crippen molar-refractivity contribution < 1.29 is 9.53 Å². The molecule has 1 heterocycles. The van der Waals surface area contributed by atoms with Crippen LogP contribution in [0.25, 0.3) is 0 Å². The van der Waals surface area contributed by atoms with E-state index in [1.807, 2.05) is 49.4 Å². The first-order valence-corrected chi connectivity index (χ1v) is 10.0. The van der Waals surface area contributed by atoms with Crippen LogP contribution in [0.3, 0.4) is 0 Å². The Labute approximate surface area is 170 Å². The Hall–Kier alpha value is -1.75. The Balaban J connectivity index is 1.65. The van der Waals surface area contributed by atoms with Crippen molar-refractivity contribution in [1.29, 1.82) is 0 Å². The van der Waals surface area contributed by atoms with Gasteiger partial charge >= 0.3 is 0 Å². The van der Waals surface area contributed by atoms with Crippen molar-refractivity contribution in [2.45, 2.75) is 26.3 Å². The predicted molar refractivity (Wildman–Crippen MR) is 111 cm³/mol. The molecule has 2 aromatic rings. The second-order valence-electron chi connectivity index (χ2n) is 6.69. The summed E-state index contributed by atoms with van der Waals surface area (Å²) in [4.78, 5) is 15.1. The fourth-order valence-electron chi connectivity index (χ4n) is 3.41. The standard InChI is InChI=1S/C21H24Cl2N2O2/c1-2-27-20-11-4-3-10-19(20)24-21(26)15-7-6-12-25(13-15)14-16-17(22)8-5-9-18(16)23/h3-5,8-11,15H,2,6-7,12-14H2,1H3,(H,24,26)/t15-/m1/s1. The van der Waals surface area contributed by atoms with Gasteiger partial charge in [0.1, 0.15) is 5.75 Å². The maximum atomic E-state index is 12.8. The molecule has 1 aliphatic heterocycles. The fourth-order valence-corrected chi connectivity index (χ4v) is 3.92. The maximum absolute atomic E-state index is 12.8. The Kier molecular flexibility index (Phi) is 7.00. The number of rotatable bonds is 6. The second kappa shape index (κ2) is 9.45. The van der Waals surface area contributed by atoms with Crippen LogP contribution in [0.1, 0.15) is 25.3 Å². The van der Waals surface area contributed by atoms with Crippen LogP contribution in [0.15, 0.2) is 42.5 Å². The molecule has 0 aromatic heterocycles. The van der Waals surface area contributed by atoms with Crippen molar-refractivity contribution in [3.63, 3.8) is 0 Å². The van der Waals surface area contributed by atoms with E-state index >= 15 is 0 Å². The molecule has 0 unspecified atom stereocenters. The summed E-state index contributed by atoms with van der Waals surface area (Å²) in [5, 5.41) is 4.36. The Bertz CT molecular complexity index is 777. The minimum Gasteiger partial charge on any atom is -0.492 e. The molecule has 0 aliphatic carbocycles. The zero-order valence-electron chi connectivity index (χ0n) is 15.4. The van der Waals surface area contributed by atoms with Crippen LogP contribution in [-0.2, 0) is 11.3 Å². The molecule has 1 N–H and O–H groups in total. The molecule has 144 valence electrons. The van der Waals surface area contributed by atoms with Gasteiger partial charge in [-0.05, 0) is 50.6 Å². The normalized spacial score (nSPS) is 17.5. The summed E-state index contributed by atoms with van der Waals surface area (Å²) in [6.07, 6.45) is 1.84. The van der Waals surface area contributed by atoms with E-state index in [-0.39, 0.29) is 11.8 Å². The van der Waals surface area contributed by atoms with Crippen LogP contribution < -0.4 is 10.1 Å². The van der Waals surface area contributed by atoms with E-state index in [9.17, 15) is 4.79 Å². The van der Waals surface area contributed by atoms with Gasteiger partial charge in [0.25, 0.3) is 0 Å². The molecule has 1 saturated heterocycles. The van der Waals surface area contributed by atoms with E-state index in [2.05, 4.69) is 10.2 Å². The minimum atomic E-state index is -0.0744. The first-order valence-electron chi connectivity index (χ1n) is 9.26. The number of halogens is 2. The third-order valence-corrected chi connectivity index (χ3v) is 5.47. The molecule has 0 radical (unpaired) electrons. The molecule has 2 aromatic carbocycles. The summed E-state index contributed by atoms with van der Waals surface area (Å²) in [6.45, 7) is 4.75. The van der Waals surface area contributed by atoms with Gasteiger partial charge in [0.2, 0.25) is 5.91 Å². The summed E-state index contributed by atoms with van der Waals surface area (Å²) < 4.78 is 5.60. The molecule has 1 amide bonds. The number of para-hydroxylation sites is 2. The molecule has 0 spiro atoms. The molecule has 6 heteroatoms. The van der Waals surface area contributed by atoms with Crippen molar-refractivity contribution in [2.75, 3.05) is 25.0 Å². The molecule has 1 aliphatic rings. The molecule has 1 fully saturated rings. The zero-order valence-corrected chi connectivity index (χ0v) is 16.9. The second-order valence-corrected chi connectivity index (χ2v) is 7.51. The van der Waals surface area contributed by atoms with Crippen molar-refractivity contribution in [3.05, 3.63) is 58.1 Å². The quantitative estimate of drug-likeness (QED) is 0.712. The highest BCUT2D eigenvalue weighted by Crippen LogP contribution is 2.29. The first-order chi connectivity index (χ1) is 13.1. The number of nitrogens with one attached hydrogen (secondary N) is 1. The number of likely N-dealkylation sites (tertiary alicyclic amines) is 1. The number of ether oxygens (including phenoxy) is 1. The van der Waals surface area contributed by atoms with Crippen LogP contribution in [0.4, 0.5) is 5.69 Å². The van der Waals surface area contributed by atoms with E-state index in [4.69, 9.17) is 27.9 Å². The highest BCUT2D eigenvalue weighted by atomic mass is 35.5. The highest BCUT2D eigenvalue weighted by Gasteiger charge is 2.27. The van der Waals surface area contributed by atoms with Crippen LogP contribution in [0, 0.1) is 5.92 Å². The highest BCUT2D eigenvalue weighted by molar-refractivity contribution is 6.35. The van der Waals surface area contributed by atoms with Crippen molar-refractivity contribution in [1.82, 2.24) is 4.90 Å². The van der Waals surface area contributed by atoms with Crippen LogP contribution >= 0.6 is 23.2 Å². The lowest BCUT2D eigenvalue weighted by molar-refractivity contribution is -0.121. The molecule has 27 heavy (non-hydrogen) atoms. The monoisotopic (exact) mass is 406 g/mol. The van der Waals surface area contributed by atoms with Gasteiger partial charge in [-0.2, -0.15) is 0 Å². The molecule has 1 atom stereocenters. The summed E-state index contributed by atoms with van der Waals surface area (Å²) in [5.41, 5.74) is 1.64. The summed E-state index contributed by atoms with van der Waals surface area (Å²) in [5.74, 6) is 0.649. The van der Waals surface area contributed by atoms with Gasteiger partial charge < -0.3 is 10.1 Å². The van der Waals surface area contributed by atoms with Gasteiger partial charge in [-0.25, -0.2) is 0 Å². The largest absolute Gasteiger partial charge is 0.492 e. The maximum Gasteiger partial charge on any atom is 0.228 e. The molecule has 0 saturated carbocycles. The van der Waals surface area contributed by atoms with E-state index in [0.717, 1.165) is 30.6 Å². The number of anilines is 1. The molecule has 4 nitrogen and oxygen atoms in total. The van der Waals surface area contributed by atoms with E-state index in [0.29, 0.717) is 35.5 Å². The third-order valence-electron chi connectivity index (χ3n) is 4.76. The van der Waals surface area contributed by atoms with Crippen molar-refractivity contribution in [3.8, 4) is 5.75 Å². The summed E-state index contributed by atoms with van der Waals surface area (Å²) in [6, 6.07) is 13.1. The average Bonchev–Trinajstić information content (AvgIpc) is 2.67. The Morgan fingerprint density at radius 3 is 2.67 bits per heavy atom. The van der Waals surface area contributed by atoms with Crippen molar-refractivity contribution in [2.24, 2.45) is 5.92 Å². The summed E-state index contributed by atoms with van der Waals surface area (Å²) >= 11 is 12.6. The lowest BCUT2D eigenvalue weighted by Crippen LogP contribution is -2.40. The number of carbonyl (C=O) groups is 1. The van der Waals surface area contributed by atoms with Crippen molar-refractivity contribution >= 4 is 34.8 Å². The van der Waals surface area contributed by atoms with Crippen LogP contribution in [0.2, 0.25) is 10.0 Å². The molecular formula is C21H24Cl2N2O2. The summed E-state index contributed by atoms with van der Waals surface area (Å²) in [7, 11) is 0. The van der Waals surface area contributed by atoms with Gasteiger partial charge in [-0.3, -0.25) is 9.69 Å². The fraction of sp³-hybridized carbons (Fsp3) is 0.381. The Morgan fingerprint density at radius 1 is 1.19 bits per heavy atom. The SMILES string of the molecule is CCOc1ccccc1NC(=O)[C@@H]1CCCN(Cc2c(Cl)cccc2Cl)C1. The number of hydrogen-bond acceptors (Lipinski definition) is 3. The number of benzene rings is 2. The lowest BCUT2D eigenvalue weighted by atomic mass is 9.96. The topological polar surface area (TPSA) is 41.6 Å². The predicted octanol–water partition coefficient (Wildman–Crippen LogP) is 5.24. The number of piperidine rings is 1. The lowest BCUT2D eigenvalue weighted by Gasteiger charge is -2.32. The molecule has 3 rings (SSSR count). The van der Waals surface area contributed by atoms with Crippen LogP contribution in [0.5, 0.6) is 5.75 Å². The van der Waals surface area contributed by atoms with Gasteiger partial charge in [-0.15, -0.1) is 0 Å². The zero-order chi connectivity index (χ0) is 19.2. The Morgan fingerprint density at radius 2 is 1.93 bits per heavy atom. The first kappa shape index (κ1) is 20.0. The third kappa shape index (κ3) is 5.16. The number of nitrogens with zero attached hydrogens (tertiary/aromatic N) is 1.